The van der Waals surface area contributed by atoms with Crippen molar-refractivity contribution in [3.8, 4) is 0 Å². The summed E-state index contributed by atoms with van der Waals surface area (Å²) in [5.74, 6) is -2.16. The largest absolute Gasteiger partial charge is 0.462 e. The van der Waals surface area contributed by atoms with Crippen molar-refractivity contribution in [3.63, 3.8) is 0 Å². The summed E-state index contributed by atoms with van der Waals surface area (Å²) >= 11 is 0. The van der Waals surface area contributed by atoms with Crippen LogP contribution in [0.1, 0.15) is 114 Å². The SMILES string of the molecule is CO[C@@H]1[C@@H](O)[C@H](O[C@@H]2[C@@H](O)[C@H](O[C@H]3[C@H](O)[C@@H](O)[C@H](O[C@H]4[C@H](O[C@H]5CC[C@]6(C)[C@@H]7CC[C@]89C(=O)O[C@@](C)(CCC=C(C)C)[C@H]8[C@@H](OC(C)=O)C[C@@]9(C)C7=CC[C@H]6C5(C)C)OC[C@@H](COS(=O)(=O)O)[C@@H]4O)O[C@@H]3C)OC[C@H]2O)O[C@H](COS(=O)(=O)O)[C@H]1O. The molecule has 3 saturated carbocycles. The normalized spacial score (nSPS) is 47.5. The number of carbonyl (C=O) groups is 2. The molecule has 27 atom stereocenters. The van der Waals surface area contributed by atoms with Gasteiger partial charge in [0.15, 0.2) is 25.2 Å². The number of cyclic esters (lactones) is 1. The first kappa shape index (κ1) is 67.9. The maximum Gasteiger partial charge on any atom is 0.397 e. The van der Waals surface area contributed by atoms with Gasteiger partial charge in [-0.1, -0.05) is 51.0 Å². The summed E-state index contributed by atoms with van der Waals surface area (Å²) in [5.41, 5.74) is -1.06. The van der Waals surface area contributed by atoms with Crippen LogP contribution in [0.5, 0.6) is 0 Å². The molecular formula is C56H88O28S2. The zero-order chi connectivity index (χ0) is 63.2. The van der Waals surface area contributed by atoms with Gasteiger partial charge in [-0.25, -0.2) is 8.37 Å². The van der Waals surface area contributed by atoms with E-state index in [9.17, 15) is 66.7 Å². The van der Waals surface area contributed by atoms with E-state index in [0.29, 0.717) is 51.4 Å². The summed E-state index contributed by atoms with van der Waals surface area (Å²) in [6, 6.07) is 0. The average Bonchev–Trinajstić information content (AvgIpc) is 1.46. The van der Waals surface area contributed by atoms with Crippen LogP contribution in [0.15, 0.2) is 23.3 Å². The molecule has 9 rings (SSSR count). The number of aliphatic hydroxyl groups excluding tert-OH is 7. The summed E-state index contributed by atoms with van der Waals surface area (Å²) in [6.07, 6.45) is -20.5. The molecule has 4 aliphatic carbocycles. The number of hydrogen-bond acceptors (Lipinski definition) is 26. The highest BCUT2D eigenvalue weighted by atomic mass is 32.3. The lowest BCUT2D eigenvalue weighted by molar-refractivity contribution is -0.381. The second-order valence-electron chi connectivity index (χ2n) is 26.5. The fraction of sp³-hybridized carbons (Fsp3) is 0.893. The predicted octanol–water partition coefficient (Wildman–Crippen LogP) is 0.695. The standard InChI is InChI=1S/C56H88O28S2/c1-25(2)12-11-17-55(9)46-32(78-27(4)57)20-54(8)30-13-14-34-52(5,6)35(16-18-53(34,7)29(30)15-19-56(46,54)51(65)84-55)80-50-45(36(59)28(21-73-50)22-75-85(66,67)68)83-48-39(62)38(61)42(26(3)77-48)81-47-40(63)43(31(58)23-74-47)82-49-41(64)44(72-10)37(60)33(79-49)24-76-86(69,70)71/h12-13,26,28-29,31-50,58-64H,11,14-24H2,1-10H3,(H,66,67,68)(H,69,70,71)/t26-,28+,29-,31-,32+,33-,34+,35+,36+,37-,38-,39-,40-,41-,42-,43+,44+,45-,46-,47+,48+,49+,50+,53-,54+,55+,56-/m1/s1. The van der Waals surface area contributed by atoms with Crippen molar-refractivity contribution >= 4 is 32.7 Å². The van der Waals surface area contributed by atoms with Crippen molar-refractivity contribution in [3.05, 3.63) is 23.3 Å². The Bertz CT molecular complexity index is 2740. The molecular weight excluding hydrogens is 1180 g/mol. The summed E-state index contributed by atoms with van der Waals surface area (Å²) in [4.78, 5) is 27.5. The summed E-state index contributed by atoms with van der Waals surface area (Å²) < 4.78 is 140. The van der Waals surface area contributed by atoms with Crippen molar-refractivity contribution in [1.82, 2.24) is 0 Å². The van der Waals surface area contributed by atoms with Crippen molar-refractivity contribution in [2.75, 3.05) is 33.5 Å². The first-order chi connectivity index (χ1) is 40.0. The van der Waals surface area contributed by atoms with Crippen LogP contribution in [-0.4, -0.2) is 229 Å². The van der Waals surface area contributed by atoms with Crippen LogP contribution in [0.25, 0.3) is 0 Å². The second kappa shape index (κ2) is 25.2. The maximum absolute atomic E-state index is 14.7. The Morgan fingerprint density at radius 1 is 0.721 bits per heavy atom. The molecule has 0 aromatic rings. The third-order valence-electron chi connectivity index (χ3n) is 20.7. The van der Waals surface area contributed by atoms with Gasteiger partial charge in [-0.05, 0) is 102 Å². The first-order valence-corrected chi connectivity index (χ1v) is 32.2. The molecule has 9 aliphatic rings. The van der Waals surface area contributed by atoms with Crippen LogP contribution in [0.4, 0.5) is 0 Å². The van der Waals surface area contributed by atoms with E-state index in [2.05, 4.69) is 48.2 Å². The minimum absolute atomic E-state index is 0.0132. The Hall–Kier alpha value is -2.48. The number of hydrogen-bond donors (Lipinski definition) is 9. The Balaban J connectivity index is 0.902. The molecule has 5 aliphatic heterocycles. The summed E-state index contributed by atoms with van der Waals surface area (Å²) in [7, 11) is -8.90. The van der Waals surface area contributed by atoms with E-state index in [0.717, 1.165) is 12.7 Å². The van der Waals surface area contributed by atoms with E-state index < -0.39 is 191 Å². The molecule has 1 spiro atoms. The zero-order valence-electron chi connectivity index (χ0n) is 50.0. The van der Waals surface area contributed by atoms with Gasteiger partial charge in [-0.2, -0.15) is 16.8 Å². The highest BCUT2D eigenvalue weighted by Gasteiger charge is 2.79. The van der Waals surface area contributed by atoms with Gasteiger partial charge in [0.2, 0.25) is 0 Å². The second-order valence-corrected chi connectivity index (χ2v) is 28.7. The third-order valence-corrected chi connectivity index (χ3v) is 21.6. The minimum Gasteiger partial charge on any atom is -0.462 e. The summed E-state index contributed by atoms with van der Waals surface area (Å²) in [6.45, 7) is 14.9. The molecule has 0 aromatic heterocycles. The van der Waals surface area contributed by atoms with Crippen molar-refractivity contribution in [2.45, 2.75) is 236 Å². The molecule has 9 N–H and O–H groups in total. The van der Waals surface area contributed by atoms with E-state index in [1.807, 2.05) is 20.8 Å². The smallest absolute Gasteiger partial charge is 0.397 e. The lowest BCUT2D eigenvalue weighted by Crippen LogP contribution is -2.65. The Morgan fingerprint density at radius 3 is 2.00 bits per heavy atom. The molecule has 8 fully saturated rings. The molecule has 0 amide bonds. The van der Waals surface area contributed by atoms with Gasteiger partial charge < -0.3 is 87.9 Å². The minimum atomic E-state index is -5.01. The van der Waals surface area contributed by atoms with Crippen LogP contribution in [-0.2, 0) is 90.9 Å². The fourth-order valence-corrected chi connectivity index (χ4v) is 17.2. The van der Waals surface area contributed by atoms with Gasteiger partial charge >= 0.3 is 32.7 Å². The quantitative estimate of drug-likeness (QED) is 0.0488. The van der Waals surface area contributed by atoms with Crippen LogP contribution < -0.4 is 0 Å². The maximum atomic E-state index is 14.7. The van der Waals surface area contributed by atoms with Crippen LogP contribution in [0, 0.1) is 45.3 Å². The lowest BCUT2D eigenvalue weighted by atomic mass is 9.41. The number of aliphatic hydroxyl groups is 7. The topological polar surface area (TPSA) is 404 Å². The molecule has 0 bridgehead atoms. The van der Waals surface area contributed by atoms with Crippen molar-refractivity contribution in [2.24, 2.45) is 45.3 Å². The zero-order valence-corrected chi connectivity index (χ0v) is 51.7. The van der Waals surface area contributed by atoms with Crippen molar-refractivity contribution in [1.29, 1.82) is 0 Å². The number of ether oxygens (including phenoxy) is 11. The molecule has 492 valence electrons. The van der Waals surface area contributed by atoms with E-state index in [-0.39, 0.29) is 35.7 Å². The molecule has 28 nitrogen and oxygen atoms in total. The Morgan fingerprint density at radius 2 is 1.35 bits per heavy atom. The third kappa shape index (κ3) is 12.6. The fourth-order valence-electron chi connectivity index (χ4n) is 16.6. The van der Waals surface area contributed by atoms with Gasteiger partial charge in [-0.15, -0.1) is 0 Å². The molecule has 0 unspecified atom stereocenters. The van der Waals surface area contributed by atoms with Crippen molar-refractivity contribution < 1.29 is 132 Å². The molecule has 5 saturated heterocycles. The van der Waals surface area contributed by atoms with E-state index in [1.165, 1.54) is 19.4 Å². The number of methoxy groups -OCH3 is 1. The highest BCUT2D eigenvalue weighted by molar-refractivity contribution is 7.81. The highest BCUT2D eigenvalue weighted by Crippen LogP contribution is 2.77. The van der Waals surface area contributed by atoms with Gasteiger partial charge in [-0.3, -0.25) is 18.7 Å². The average molecular weight is 1270 g/mol. The van der Waals surface area contributed by atoms with Gasteiger partial charge in [0, 0.05) is 25.4 Å². The number of allylic oxidation sites excluding steroid dienone is 4. The van der Waals surface area contributed by atoms with Crippen LogP contribution in [0.2, 0.25) is 0 Å². The lowest BCUT2D eigenvalue weighted by Gasteiger charge is -2.64. The van der Waals surface area contributed by atoms with Gasteiger partial charge in [0.05, 0.1) is 56.1 Å². The van der Waals surface area contributed by atoms with Gasteiger partial charge in [0.25, 0.3) is 0 Å². The van der Waals surface area contributed by atoms with Gasteiger partial charge in [0.1, 0.15) is 78.8 Å². The molecule has 86 heavy (non-hydrogen) atoms. The molecule has 5 heterocycles. The molecule has 0 radical (unpaired) electrons. The van der Waals surface area contributed by atoms with Crippen LogP contribution in [0.3, 0.4) is 0 Å². The number of fused-ring (bicyclic) bond motifs is 4. The van der Waals surface area contributed by atoms with Crippen LogP contribution >= 0.6 is 0 Å². The monoisotopic (exact) mass is 1270 g/mol. The van der Waals surface area contributed by atoms with E-state index in [4.69, 9.17) is 56.7 Å². The van der Waals surface area contributed by atoms with E-state index >= 15 is 0 Å². The number of esters is 2. The Kier molecular flexibility index (Phi) is 19.9. The predicted molar refractivity (Wildman–Crippen MR) is 291 cm³/mol. The number of rotatable bonds is 19. The van der Waals surface area contributed by atoms with E-state index in [1.54, 1.807) is 0 Å². The molecule has 30 heteroatoms. The summed E-state index contributed by atoms with van der Waals surface area (Å²) in [5, 5.41) is 79.5. The Labute approximate surface area is 500 Å². The first-order valence-electron chi connectivity index (χ1n) is 29.4. The number of carbonyl (C=O) groups excluding carboxylic acids is 2. The molecule has 0 aromatic carbocycles.